The Kier molecular flexibility index (Phi) is 6.49. The number of nitrogens with one attached hydrogen (secondary N) is 1. The molecule has 0 atom stereocenters. The Morgan fingerprint density at radius 1 is 1.04 bits per heavy atom. The average molecular weight is 354 g/mol. The van der Waals surface area contributed by atoms with Crippen molar-refractivity contribution >= 4 is 23.3 Å². The highest BCUT2D eigenvalue weighted by Gasteiger charge is 2.15. The zero-order valence-electron chi connectivity index (χ0n) is 15.1. The molecule has 0 aliphatic carbocycles. The number of likely N-dealkylation sites (N-methyl/N-ethyl adjacent to an activating group) is 1. The normalized spacial score (nSPS) is 10.1. The molecule has 0 fully saturated rings. The fourth-order valence-corrected chi connectivity index (χ4v) is 2.27. The van der Waals surface area contributed by atoms with E-state index in [1.54, 1.807) is 36.4 Å². The third-order valence-electron chi connectivity index (χ3n) is 3.76. The van der Waals surface area contributed by atoms with Crippen molar-refractivity contribution in [1.82, 2.24) is 4.90 Å². The van der Waals surface area contributed by atoms with Crippen molar-refractivity contribution in [2.24, 2.45) is 0 Å². The second kappa shape index (κ2) is 8.80. The van der Waals surface area contributed by atoms with Crippen molar-refractivity contribution in [2.45, 2.75) is 13.8 Å². The molecule has 0 bridgehead atoms. The molecule has 26 heavy (non-hydrogen) atoms. The number of aryl methyl sites for hydroxylation is 1. The second-order valence-corrected chi connectivity index (χ2v) is 6.01. The molecule has 0 saturated carbocycles. The number of ketones is 1. The van der Waals surface area contributed by atoms with Gasteiger partial charge < -0.3 is 15.0 Å². The van der Waals surface area contributed by atoms with Gasteiger partial charge in [0.1, 0.15) is 5.75 Å². The molecule has 0 radical (unpaired) electrons. The molecule has 0 unspecified atom stereocenters. The van der Waals surface area contributed by atoms with Crippen molar-refractivity contribution in [3.05, 3.63) is 59.7 Å². The van der Waals surface area contributed by atoms with Crippen LogP contribution in [0.1, 0.15) is 22.8 Å². The highest BCUT2D eigenvalue weighted by molar-refractivity contribution is 5.97. The molecule has 0 spiro atoms. The van der Waals surface area contributed by atoms with Crippen LogP contribution < -0.4 is 10.1 Å². The first-order chi connectivity index (χ1) is 12.4. The quantitative estimate of drug-likeness (QED) is 0.776. The van der Waals surface area contributed by atoms with Crippen LogP contribution in [0.4, 0.5) is 5.69 Å². The molecule has 2 rings (SSSR count). The number of hydrogen-bond acceptors (Lipinski definition) is 4. The molecule has 6 heteroatoms. The Morgan fingerprint density at radius 2 is 1.69 bits per heavy atom. The van der Waals surface area contributed by atoms with Gasteiger partial charge in [-0.15, -0.1) is 0 Å². The topological polar surface area (TPSA) is 75.7 Å². The van der Waals surface area contributed by atoms with Crippen molar-refractivity contribution in [2.75, 3.05) is 25.5 Å². The molecular weight excluding hydrogens is 332 g/mol. The molecule has 0 aromatic heterocycles. The lowest BCUT2D eigenvalue weighted by molar-refractivity contribution is -0.135. The lowest BCUT2D eigenvalue weighted by Gasteiger charge is -2.17. The zero-order valence-corrected chi connectivity index (χ0v) is 15.1. The van der Waals surface area contributed by atoms with Gasteiger partial charge in [-0.2, -0.15) is 0 Å². The van der Waals surface area contributed by atoms with Gasteiger partial charge >= 0.3 is 0 Å². The molecular formula is C20H22N2O4. The maximum atomic E-state index is 12.2. The Balaban J connectivity index is 1.86. The van der Waals surface area contributed by atoms with Gasteiger partial charge in [0.2, 0.25) is 5.91 Å². The minimum atomic E-state index is -0.359. The average Bonchev–Trinajstić information content (AvgIpc) is 2.61. The number of amides is 2. The number of Topliss-reactive ketones (excluding diaryl/α,β-unsaturated/α-hetero) is 1. The summed E-state index contributed by atoms with van der Waals surface area (Å²) in [4.78, 5) is 37.0. The number of carbonyl (C=O) groups excluding carboxylic acids is 3. The Morgan fingerprint density at radius 3 is 2.35 bits per heavy atom. The molecule has 0 heterocycles. The van der Waals surface area contributed by atoms with E-state index in [2.05, 4.69) is 5.32 Å². The van der Waals surface area contributed by atoms with Crippen LogP contribution in [-0.4, -0.2) is 42.7 Å². The van der Waals surface area contributed by atoms with Crippen LogP contribution in [0.25, 0.3) is 0 Å². The van der Waals surface area contributed by atoms with E-state index >= 15 is 0 Å². The highest BCUT2D eigenvalue weighted by Crippen LogP contribution is 2.18. The summed E-state index contributed by atoms with van der Waals surface area (Å²) in [5.74, 6) is -0.444. The van der Waals surface area contributed by atoms with E-state index in [1.165, 1.54) is 18.9 Å². The SMILES string of the molecule is CC(=O)c1ccccc1OCC(=O)N(C)CC(=O)Nc1ccc(C)cc1. The summed E-state index contributed by atoms with van der Waals surface area (Å²) in [6.45, 7) is 3.05. The molecule has 136 valence electrons. The number of ether oxygens (including phenoxy) is 1. The first-order valence-corrected chi connectivity index (χ1v) is 8.20. The molecule has 0 aliphatic heterocycles. The number of carbonyl (C=O) groups is 3. The largest absolute Gasteiger partial charge is 0.483 e. The minimum absolute atomic E-state index is 0.0928. The van der Waals surface area contributed by atoms with Crippen molar-refractivity contribution in [1.29, 1.82) is 0 Å². The van der Waals surface area contributed by atoms with Crippen molar-refractivity contribution in [3.63, 3.8) is 0 Å². The van der Waals surface area contributed by atoms with Crippen molar-refractivity contribution in [3.8, 4) is 5.75 Å². The van der Waals surface area contributed by atoms with Crippen LogP contribution in [0.5, 0.6) is 5.75 Å². The maximum absolute atomic E-state index is 12.2. The second-order valence-electron chi connectivity index (χ2n) is 6.01. The number of benzene rings is 2. The van der Waals surface area contributed by atoms with E-state index in [0.717, 1.165) is 5.56 Å². The number of rotatable bonds is 7. The van der Waals surface area contributed by atoms with Crippen LogP contribution in [0, 0.1) is 6.92 Å². The fraction of sp³-hybridized carbons (Fsp3) is 0.250. The number of para-hydroxylation sites is 1. The van der Waals surface area contributed by atoms with Gasteiger partial charge in [-0.05, 0) is 38.1 Å². The Hall–Kier alpha value is -3.15. The van der Waals surface area contributed by atoms with Gasteiger partial charge in [0.05, 0.1) is 12.1 Å². The summed E-state index contributed by atoms with van der Waals surface area (Å²) < 4.78 is 5.45. The van der Waals surface area contributed by atoms with E-state index in [1.807, 2.05) is 19.1 Å². The van der Waals surface area contributed by atoms with Gasteiger partial charge in [0.25, 0.3) is 5.91 Å². The smallest absolute Gasteiger partial charge is 0.260 e. The van der Waals surface area contributed by atoms with Crippen LogP contribution >= 0.6 is 0 Å². The maximum Gasteiger partial charge on any atom is 0.260 e. The van der Waals surface area contributed by atoms with E-state index in [4.69, 9.17) is 4.74 Å². The summed E-state index contributed by atoms with van der Waals surface area (Å²) in [7, 11) is 1.53. The predicted octanol–water partition coefficient (Wildman–Crippen LogP) is 2.67. The van der Waals surface area contributed by atoms with Crippen LogP contribution in [0.2, 0.25) is 0 Å². The van der Waals surface area contributed by atoms with Gasteiger partial charge in [-0.1, -0.05) is 29.8 Å². The number of hydrogen-bond donors (Lipinski definition) is 1. The summed E-state index contributed by atoms with van der Waals surface area (Å²) in [6.07, 6.45) is 0. The molecule has 1 N–H and O–H groups in total. The number of anilines is 1. The lowest BCUT2D eigenvalue weighted by Crippen LogP contribution is -2.37. The van der Waals surface area contributed by atoms with Gasteiger partial charge in [-0.25, -0.2) is 0 Å². The summed E-state index contributed by atoms with van der Waals surface area (Å²) in [6, 6.07) is 14.1. The summed E-state index contributed by atoms with van der Waals surface area (Å²) >= 11 is 0. The van der Waals surface area contributed by atoms with Crippen LogP contribution in [-0.2, 0) is 9.59 Å². The van der Waals surface area contributed by atoms with Gasteiger partial charge in [-0.3, -0.25) is 14.4 Å². The Bertz CT molecular complexity index is 800. The zero-order chi connectivity index (χ0) is 19.1. The fourth-order valence-electron chi connectivity index (χ4n) is 2.27. The lowest BCUT2D eigenvalue weighted by atomic mass is 10.1. The van der Waals surface area contributed by atoms with E-state index in [-0.39, 0.29) is 30.7 Å². The third-order valence-corrected chi connectivity index (χ3v) is 3.76. The Labute approximate surface area is 152 Å². The monoisotopic (exact) mass is 354 g/mol. The first kappa shape index (κ1) is 19.2. The predicted molar refractivity (Wildman–Crippen MR) is 99.4 cm³/mol. The minimum Gasteiger partial charge on any atom is -0.483 e. The summed E-state index contributed by atoms with van der Waals surface area (Å²) in [5.41, 5.74) is 2.19. The molecule has 0 aliphatic rings. The standard InChI is InChI=1S/C20H22N2O4/c1-14-8-10-16(11-9-14)21-19(24)12-22(3)20(25)13-26-18-7-5-4-6-17(18)15(2)23/h4-11H,12-13H2,1-3H3,(H,21,24). The third kappa shape index (κ3) is 5.44. The van der Waals surface area contributed by atoms with Gasteiger partial charge in [0.15, 0.2) is 12.4 Å². The van der Waals surface area contributed by atoms with Crippen LogP contribution in [0.15, 0.2) is 48.5 Å². The summed E-state index contributed by atoms with van der Waals surface area (Å²) in [5, 5.41) is 2.73. The van der Waals surface area contributed by atoms with Gasteiger partial charge in [0, 0.05) is 12.7 Å². The van der Waals surface area contributed by atoms with Crippen molar-refractivity contribution < 1.29 is 19.1 Å². The molecule has 2 aromatic rings. The molecule has 2 aromatic carbocycles. The molecule has 6 nitrogen and oxygen atoms in total. The van der Waals surface area contributed by atoms with E-state index < -0.39 is 0 Å². The first-order valence-electron chi connectivity index (χ1n) is 8.20. The van der Waals surface area contributed by atoms with Crippen LogP contribution in [0.3, 0.4) is 0 Å². The van der Waals surface area contributed by atoms with E-state index in [9.17, 15) is 14.4 Å². The molecule has 2 amide bonds. The van der Waals surface area contributed by atoms with E-state index in [0.29, 0.717) is 17.0 Å². The highest BCUT2D eigenvalue weighted by atomic mass is 16.5. The molecule has 0 saturated heterocycles. The number of nitrogens with zero attached hydrogens (tertiary/aromatic N) is 1.